The molecular formula is C11H8F4O. The molecule has 0 fully saturated rings. The second-order valence-corrected chi connectivity index (χ2v) is 3.02. The van der Waals surface area contributed by atoms with E-state index in [9.17, 15) is 17.6 Å². The Morgan fingerprint density at radius 3 is 2.25 bits per heavy atom. The molecule has 0 aliphatic carbocycles. The molecule has 0 amide bonds. The quantitative estimate of drug-likeness (QED) is 0.572. The van der Waals surface area contributed by atoms with Gasteiger partial charge in [0.25, 0.3) is 0 Å². The molecule has 1 aromatic rings. The van der Waals surface area contributed by atoms with Crippen LogP contribution in [-0.4, -0.2) is 19.0 Å². The average Bonchev–Trinajstić information content (AvgIpc) is 2.27. The van der Waals surface area contributed by atoms with Crippen molar-refractivity contribution in [3.8, 4) is 18.1 Å². The molecule has 0 atom stereocenters. The molecule has 1 nitrogen and oxygen atoms in total. The van der Waals surface area contributed by atoms with E-state index in [0.717, 1.165) is 0 Å². The van der Waals surface area contributed by atoms with Crippen LogP contribution in [0.2, 0.25) is 0 Å². The second-order valence-electron chi connectivity index (χ2n) is 3.02. The molecule has 0 unspecified atom stereocenters. The summed E-state index contributed by atoms with van der Waals surface area (Å²) < 4.78 is 53.0. The predicted octanol–water partition coefficient (Wildman–Crippen LogP) is 2.95. The molecule has 1 rings (SSSR count). The molecule has 0 aromatic heterocycles. The van der Waals surface area contributed by atoms with E-state index in [0.29, 0.717) is 5.56 Å². The van der Waals surface area contributed by atoms with Gasteiger partial charge in [0.2, 0.25) is 0 Å². The molecule has 0 aliphatic rings. The molecule has 0 saturated carbocycles. The molecule has 0 radical (unpaired) electrons. The van der Waals surface area contributed by atoms with Crippen LogP contribution in [0.1, 0.15) is 5.56 Å². The SMILES string of the molecule is C#Cc1ccc(OCC(F)(F)C(F)F)cc1. The van der Waals surface area contributed by atoms with Crippen LogP contribution in [0.25, 0.3) is 0 Å². The summed E-state index contributed by atoms with van der Waals surface area (Å²) in [5.41, 5.74) is 0.549. The van der Waals surface area contributed by atoms with Crippen molar-refractivity contribution in [1.29, 1.82) is 0 Å². The molecular weight excluding hydrogens is 224 g/mol. The Bertz CT molecular complexity index is 378. The van der Waals surface area contributed by atoms with E-state index >= 15 is 0 Å². The number of ether oxygens (including phenoxy) is 1. The minimum absolute atomic E-state index is 0.0688. The third-order valence-electron chi connectivity index (χ3n) is 1.77. The van der Waals surface area contributed by atoms with Crippen LogP contribution >= 0.6 is 0 Å². The van der Waals surface area contributed by atoms with E-state index in [1.807, 2.05) is 0 Å². The number of benzene rings is 1. The summed E-state index contributed by atoms with van der Waals surface area (Å²) in [7, 11) is 0. The lowest BCUT2D eigenvalue weighted by Gasteiger charge is -2.15. The van der Waals surface area contributed by atoms with E-state index in [4.69, 9.17) is 6.42 Å². The molecule has 0 spiro atoms. The molecule has 5 heteroatoms. The first kappa shape index (κ1) is 12.4. The van der Waals surface area contributed by atoms with Crippen molar-refractivity contribution in [3.05, 3.63) is 29.8 Å². The van der Waals surface area contributed by atoms with Gasteiger partial charge in [-0.25, -0.2) is 8.78 Å². The fraction of sp³-hybridized carbons (Fsp3) is 0.273. The van der Waals surface area contributed by atoms with Crippen molar-refractivity contribution in [2.75, 3.05) is 6.61 Å². The van der Waals surface area contributed by atoms with Crippen LogP contribution in [0.3, 0.4) is 0 Å². The first-order valence-corrected chi connectivity index (χ1v) is 4.31. The summed E-state index contributed by atoms with van der Waals surface area (Å²) in [6, 6.07) is 5.62. The van der Waals surface area contributed by atoms with Crippen molar-refractivity contribution in [2.45, 2.75) is 12.3 Å². The zero-order chi connectivity index (χ0) is 12.2. The summed E-state index contributed by atoms with van der Waals surface area (Å²) in [6.45, 7) is -1.36. The third kappa shape index (κ3) is 3.16. The van der Waals surface area contributed by atoms with Crippen LogP contribution in [0.5, 0.6) is 5.75 Å². The maximum absolute atomic E-state index is 12.5. The van der Waals surface area contributed by atoms with Crippen molar-refractivity contribution in [2.24, 2.45) is 0 Å². The van der Waals surface area contributed by atoms with Gasteiger partial charge in [0.1, 0.15) is 5.75 Å². The smallest absolute Gasteiger partial charge is 0.340 e. The standard InChI is InChI=1S/C11H8F4O/c1-2-8-3-5-9(6-4-8)16-7-11(14,15)10(12)13/h1,3-6,10H,7H2. The van der Waals surface area contributed by atoms with Gasteiger partial charge >= 0.3 is 12.3 Å². The maximum atomic E-state index is 12.5. The third-order valence-corrected chi connectivity index (χ3v) is 1.77. The van der Waals surface area contributed by atoms with Gasteiger partial charge in [0, 0.05) is 5.56 Å². The largest absolute Gasteiger partial charge is 0.487 e. The molecule has 0 saturated heterocycles. The first-order valence-electron chi connectivity index (χ1n) is 4.31. The van der Waals surface area contributed by atoms with Gasteiger partial charge < -0.3 is 4.74 Å². The number of rotatable bonds is 4. The van der Waals surface area contributed by atoms with E-state index < -0.39 is 19.0 Å². The Kier molecular flexibility index (Phi) is 3.78. The highest BCUT2D eigenvalue weighted by Gasteiger charge is 2.41. The lowest BCUT2D eigenvalue weighted by Crippen LogP contribution is -2.33. The predicted molar refractivity (Wildman–Crippen MR) is 50.8 cm³/mol. The summed E-state index contributed by atoms with van der Waals surface area (Å²) in [4.78, 5) is 0. The van der Waals surface area contributed by atoms with Crippen LogP contribution in [-0.2, 0) is 0 Å². The fourth-order valence-corrected chi connectivity index (χ4v) is 0.890. The maximum Gasteiger partial charge on any atom is 0.340 e. The summed E-state index contributed by atoms with van der Waals surface area (Å²) in [5, 5.41) is 0. The summed E-state index contributed by atoms with van der Waals surface area (Å²) in [6.07, 6.45) is 1.33. The van der Waals surface area contributed by atoms with Crippen molar-refractivity contribution < 1.29 is 22.3 Å². The summed E-state index contributed by atoms with van der Waals surface area (Å²) >= 11 is 0. The van der Waals surface area contributed by atoms with Gasteiger partial charge in [0.15, 0.2) is 6.61 Å². The number of halogens is 4. The molecule has 0 aliphatic heterocycles. The number of hydrogen-bond donors (Lipinski definition) is 0. The molecule has 0 heterocycles. The van der Waals surface area contributed by atoms with Gasteiger partial charge in [-0.05, 0) is 24.3 Å². The lowest BCUT2D eigenvalue weighted by molar-refractivity contribution is -0.148. The fourth-order valence-electron chi connectivity index (χ4n) is 0.890. The molecule has 1 aromatic carbocycles. The topological polar surface area (TPSA) is 9.23 Å². The van der Waals surface area contributed by atoms with E-state index in [2.05, 4.69) is 10.7 Å². The minimum Gasteiger partial charge on any atom is -0.487 e. The Hall–Kier alpha value is -1.70. The highest BCUT2D eigenvalue weighted by atomic mass is 19.3. The molecule has 16 heavy (non-hydrogen) atoms. The highest BCUT2D eigenvalue weighted by Crippen LogP contribution is 2.24. The van der Waals surface area contributed by atoms with Gasteiger partial charge in [-0.3, -0.25) is 0 Å². The zero-order valence-corrected chi connectivity index (χ0v) is 8.09. The molecule has 0 bridgehead atoms. The second kappa shape index (κ2) is 4.88. The van der Waals surface area contributed by atoms with Crippen molar-refractivity contribution in [3.63, 3.8) is 0 Å². The van der Waals surface area contributed by atoms with Crippen LogP contribution in [0.4, 0.5) is 17.6 Å². The first-order chi connectivity index (χ1) is 7.45. The van der Waals surface area contributed by atoms with Gasteiger partial charge in [-0.2, -0.15) is 8.78 Å². The van der Waals surface area contributed by atoms with Crippen molar-refractivity contribution in [1.82, 2.24) is 0 Å². The lowest BCUT2D eigenvalue weighted by atomic mass is 10.2. The highest BCUT2D eigenvalue weighted by molar-refractivity contribution is 5.36. The van der Waals surface area contributed by atoms with E-state index in [1.54, 1.807) is 0 Å². The van der Waals surface area contributed by atoms with E-state index in [-0.39, 0.29) is 5.75 Å². The Balaban J connectivity index is 2.59. The van der Waals surface area contributed by atoms with Gasteiger partial charge in [-0.1, -0.05) is 5.92 Å². The normalized spacial score (nSPS) is 11.2. The zero-order valence-electron chi connectivity index (χ0n) is 8.09. The minimum atomic E-state index is -4.15. The van der Waals surface area contributed by atoms with Crippen molar-refractivity contribution >= 4 is 0 Å². The Morgan fingerprint density at radius 2 is 1.81 bits per heavy atom. The van der Waals surface area contributed by atoms with Gasteiger partial charge in [-0.15, -0.1) is 6.42 Å². The number of terminal acetylenes is 1. The van der Waals surface area contributed by atoms with Crippen LogP contribution in [0.15, 0.2) is 24.3 Å². The Labute approximate surface area is 90.0 Å². The number of hydrogen-bond acceptors (Lipinski definition) is 1. The average molecular weight is 232 g/mol. The monoisotopic (exact) mass is 232 g/mol. The van der Waals surface area contributed by atoms with Crippen LogP contribution in [0, 0.1) is 12.3 Å². The molecule has 0 N–H and O–H groups in total. The van der Waals surface area contributed by atoms with Gasteiger partial charge in [0.05, 0.1) is 0 Å². The summed E-state index contributed by atoms with van der Waals surface area (Å²) in [5.74, 6) is -1.76. The number of alkyl halides is 4. The Morgan fingerprint density at radius 1 is 1.25 bits per heavy atom. The molecule has 86 valence electrons. The van der Waals surface area contributed by atoms with E-state index in [1.165, 1.54) is 24.3 Å². The van der Waals surface area contributed by atoms with Crippen LogP contribution < -0.4 is 4.74 Å².